The maximum atomic E-state index is 11.3. The van der Waals surface area contributed by atoms with Crippen molar-refractivity contribution < 1.29 is 9.90 Å². The molecule has 0 aromatic carbocycles. The number of aliphatic carboxylic acids is 1. The Morgan fingerprint density at radius 3 is 2.00 bits per heavy atom. The maximum absolute atomic E-state index is 11.3. The van der Waals surface area contributed by atoms with E-state index in [1.807, 2.05) is 6.92 Å². The predicted molar refractivity (Wildman–Crippen MR) is 50.4 cm³/mol. The number of fused-ring (bicyclic) bond motifs is 2. The van der Waals surface area contributed by atoms with Gasteiger partial charge in [-0.15, -0.1) is 0 Å². The van der Waals surface area contributed by atoms with E-state index in [9.17, 15) is 9.90 Å². The average molecular weight is 182 g/mol. The highest BCUT2D eigenvalue weighted by atomic mass is 16.4. The van der Waals surface area contributed by atoms with Gasteiger partial charge >= 0.3 is 5.97 Å². The zero-order valence-corrected chi connectivity index (χ0v) is 8.68. The zero-order chi connectivity index (χ0) is 9.91. The van der Waals surface area contributed by atoms with Gasteiger partial charge in [-0.05, 0) is 43.4 Å². The summed E-state index contributed by atoms with van der Waals surface area (Å²) in [6, 6.07) is 0. The molecule has 0 radical (unpaired) electrons. The highest BCUT2D eigenvalue weighted by Crippen LogP contribution is 2.69. The Kier molecular flexibility index (Phi) is 1.46. The van der Waals surface area contributed by atoms with Gasteiger partial charge in [0.15, 0.2) is 0 Å². The van der Waals surface area contributed by atoms with E-state index in [2.05, 4.69) is 13.8 Å². The summed E-state index contributed by atoms with van der Waals surface area (Å²) in [6.07, 6.45) is 4.27. The third kappa shape index (κ3) is 0.918. The summed E-state index contributed by atoms with van der Waals surface area (Å²) < 4.78 is 0. The first-order valence-corrected chi connectivity index (χ1v) is 5.05. The van der Waals surface area contributed by atoms with Gasteiger partial charge in [-0.2, -0.15) is 0 Å². The predicted octanol–water partition coefficient (Wildman–Crippen LogP) is 2.68. The van der Waals surface area contributed by atoms with Crippen molar-refractivity contribution in [2.75, 3.05) is 0 Å². The molecule has 0 heterocycles. The molecule has 2 heteroatoms. The van der Waals surface area contributed by atoms with Crippen LogP contribution in [-0.2, 0) is 4.79 Å². The number of hydrogen-bond acceptors (Lipinski definition) is 1. The normalized spacial score (nSPS) is 54.1. The van der Waals surface area contributed by atoms with Crippen LogP contribution in [-0.4, -0.2) is 11.1 Å². The quantitative estimate of drug-likeness (QED) is 0.677. The lowest BCUT2D eigenvalue weighted by molar-refractivity contribution is -0.155. The Labute approximate surface area is 79.3 Å². The fourth-order valence-electron chi connectivity index (χ4n) is 3.72. The molecule has 1 N–H and O–H groups in total. The fourth-order valence-corrected chi connectivity index (χ4v) is 3.72. The highest BCUT2D eigenvalue weighted by Gasteiger charge is 2.64. The van der Waals surface area contributed by atoms with Gasteiger partial charge in [-0.1, -0.05) is 13.8 Å². The van der Waals surface area contributed by atoms with Crippen LogP contribution in [0.1, 0.15) is 46.5 Å². The summed E-state index contributed by atoms with van der Waals surface area (Å²) in [5.74, 6) is -0.599. The van der Waals surface area contributed by atoms with Gasteiger partial charge in [-0.25, -0.2) is 0 Å². The molecule has 0 aliphatic heterocycles. The Balaban J connectivity index is 2.41. The maximum Gasteiger partial charge on any atom is 0.309 e. The van der Waals surface area contributed by atoms with Crippen molar-refractivity contribution in [1.29, 1.82) is 0 Å². The minimum atomic E-state index is -0.599. The van der Waals surface area contributed by atoms with Crippen LogP contribution >= 0.6 is 0 Å². The van der Waals surface area contributed by atoms with Crippen molar-refractivity contribution in [2.45, 2.75) is 46.5 Å². The van der Waals surface area contributed by atoms with Gasteiger partial charge in [0, 0.05) is 0 Å². The van der Waals surface area contributed by atoms with Gasteiger partial charge in [0.05, 0.1) is 5.41 Å². The summed E-state index contributed by atoms with van der Waals surface area (Å²) in [6.45, 7) is 6.32. The molecule has 0 saturated heterocycles. The molecule has 0 spiro atoms. The first-order chi connectivity index (χ1) is 5.81. The van der Waals surface area contributed by atoms with Crippen LogP contribution < -0.4 is 0 Å². The van der Waals surface area contributed by atoms with Crippen molar-refractivity contribution in [3.8, 4) is 0 Å². The lowest BCUT2D eigenvalue weighted by Crippen LogP contribution is -2.40. The minimum Gasteiger partial charge on any atom is -0.481 e. The van der Waals surface area contributed by atoms with Crippen molar-refractivity contribution in [2.24, 2.45) is 16.2 Å². The number of rotatable bonds is 1. The van der Waals surface area contributed by atoms with Crippen molar-refractivity contribution in [3.63, 3.8) is 0 Å². The molecule has 0 aromatic rings. The SMILES string of the molecule is CC12CCC(C)(C1)C(C)(C(=O)O)C2. The second-order valence-electron chi connectivity index (χ2n) is 5.86. The lowest BCUT2D eigenvalue weighted by Gasteiger charge is -2.39. The third-order valence-electron chi connectivity index (χ3n) is 4.68. The standard InChI is InChI=1S/C11H18O2/c1-9-4-5-10(2,6-9)11(3,7-9)8(12)13/h4-7H2,1-3H3,(H,12,13). The molecule has 3 atom stereocenters. The second kappa shape index (κ2) is 2.10. The minimum absolute atomic E-state index is 0.0492. The van der Waals surface area contributed by atoms with Crippen LogP contribution in [0.15, 0.2) is 0 Å². The van der Waals surface area contributed by atoms with Crippen LogP contribution in [0.3, 0.4) is 0 Å². The molecular formula is C11H18O2. The van der Waals surface area contributed by atoms with Crippen LogP contribution in [0.5, 0.6) is 0 Å². The van der Waals surface area contributed by atoms with Crippen LogP contribution in [0.25, 0.3) is 0 Å². The van der Waals surface area contributed by atoms with E-state index in [1.54, 1.807) is 0 Å². The summed E-state index contributed by atoms with van der Waals surface area (Å²) in [5.41, 5.74) is -0.116. The molecule has 2 aliphatic rings. The topological polar surface area (TPSA) is 37.3 Å². The average Bonchev–Trinajstić information content (AvgIpc) is 2.36. The van der Waals surface area contributed by atoms with Gasteiger partial charge in [0.1, 0.15) is 0 Å². The number of carbonyl (C=O) groups is 1. The molecule has 74 valence electrons. The van der Waals surface area contributed by atoms with Gasteiger partial charge in [0.25, 0.3) is 0 Å². The highest BCUT2D eigenvalue weighted by molar-refractivity contribution is 5.76. The lowest BCUT2D eigenvalue weighted by atomic mass is 9.64. The number of carboxylic acids is 1. The smallest absolute Gasteiger partial charge is 0.309 e. The molecule has 2 rings (SSSR count). The molecular weight excluding hydrogens is 164 g/mol. The Morgan fingerprint density at radius 2 is 1.77 bits per heavy atom. The molecule has 2 saturated carbocycles. The monoisotopic (exact) mass is 182 g/mol. The summed E-state index contributed by atoms with van der Waals surface area (Å²) in [7, 11) is 0. The third-order valence-corrected chi connectivity index (χ3v) is 4.68. The molecule has 2 aliphatic carbocycles. The van der Waals surface area contributed by atoms with Crippen LogP contribution in [0.2, 0.25) is 0 Å². The van der Waals surface area contributed by atoms with E-state index >= 15 is 0 Å². The van der Waals surface area contributed by atoms with E-state index in [0.717, 1.165) is 19.3 Å². The summed E-state index contributed by atoms with van der Waals surface area (Å²) >= 11 is 0. The molecule has 13 heavy (non-hydrogen) atoms. The van der Waals surface area contributed by atoms with Crippen LogP contribution in [0.4, 0.5) is 0 Å². The summed E-state index contributed by atoms with van der Waals surface area (Å²) in [5, 5.41) is 9.27. The van der Waals surface area contributed by atoms with E-state index in [-0.39, 0.29) is 5.41 Å². The van der Waals surface area contributed by atoms with Crippen molar-refractivity contribution >= 4 is 5.97 Å². The van der Waals surface area contributed by atoms with E-state index in [4.69, 9.17) is 0 Å². The molecule has 2 bridgehead atoms. The van der Waals surface area contributed by atoms with E-state index in [1.165, 1.54) is 6.42 Å². The summed E-state index contributed by atoms with van der Waals surface area (Å²) in [4.78, 5) is 11.3. The van der Waals surface area contributed by atoms with Gasteiger partial charge < -0.3 is 5.11 Å². The second-order valence-corrected chi connectivity index (χ2v) is 5.86. The van der Waals surface area contributed by atoms with E-state index in [0.29, 0.717) is 5.41 Å². The van der Waals surface area contributed by atoms with Crippen molar-refractivity contribution in [1.82, 2.24) is 0 Å². The Morgan fingerprint density at radius 1 is 1.15 bits per heavy atom. The largest absolute Gasteiger partial charge is 0.481 e. The first kappa shape index (κ1) is 9.04. The molecule has 2 nitrogen and oxygen atoms in total. The molecule has 2 fully saturated rings. The fraction of sp³-hybridized carbons (Fsp3) is 0.909. The zero-order valence-electron chi connectivity index (χ0n) is 8.68. The molecule has 0 aromatic heterocycles. The Hall–Kier alpha value is -0.530. The number of carboxylic acid groups (broad SMARTS) is 1. The van der Waals surface area contributed by atoms with Crippen LogP contribution in [0, 0.1) is 16.2 Å². The van der Waals surface area contributed by atoms with Gasteiger partial charge in [-0.3, -0.25) is 4.79 Å². The number of hydrogen-bond donors (Lipinski definition) is 1. The molecule has 3 unspecified atom stereocenters. The van der Waals surface area contributed by atoms with Crippen molar-refractivity contribution in [3.05, 3.63) is 0 Å². The van der Waals surface area contributed by atoms with E-state index < -0.39 is 11.4 Å². The van der Waals surface area contributed by atoms with Gasteiger partial charge in [0.2, 0.25) is 0 Å². The molecule has 0 amide bonds. The first-order valence-electron chi connectivity index (χ1n) is 5.05. The Bertz CT molecular complexity index is 273.